The Morgan fingerprint density at radius 1 is 1.03 bits per heavy atom. The Labute approximate surface area is 189 Å². The Kier molecular flexibility index (Phi) is 5.81. The third-order valence-corrected chi connectivity index (χ3v) is 7.20. The number of nitrogens with one attached hydrogen (secondary N) is 1. The van der Waals surface area contributed by atoms with Gasteiger partial charge in [-0.05, 0) is 63.4 Å². The van der Waals surface area contributed by atoms with Crippen LogP contribution in [0.4, 0.5) is 17.1 Å². The summed E-state index contributed by atoms with van der Waals surface area (Å²) in [6.45, 7) is 9.50. The first kappa shape index (κ1) is 22.4. The number of amides is 1. The average molecular weight is 459 g/mol. The average Bonchev–Trinajstić information content (AvgIpc) is 2.73. The Hall–Kier alpha value is -2.78. The van der Waals surface area contributed by atoms with Crippen molar-refractivity contribution in [2.75, 3.05) is 54.3 Å². The van der Waals surface area contributed by atoms with Gasteiger partial charge in [-0.15, -0.1) is 0 Å². The van der Waals surface area contributed by atoms with Gasteiger partial charge in [0.15, 0.2) is 0 Å². The number of carbonyl (C=O) groups excluding carboxylic acids is 1. The Balaban J connectivity index is 1.54. The van der Waals surface area contributed by atoms with Crippen LogP contribution >= 0.6 is 0 Å². The van der Waals surface area contributed by atoms with Crippen LogP contribution < -0.4 is 19.3 Å². The normalized spacial score (nSPS) is 18.6. The molecular formula is C23H30N4O4S. The molecule has 172 valence electrons. The summed E-state index contributed by atoms with van der Waals surface area (Å²) >= 11 is 0. The van der Waals surface area contributed by atoms with Gasteiger partial charge in [0.1, 0.15) is 11.4 Å². The molecule has 2 heterocycles. The van der Waals surface area contributed by atoms with E-state index >= 15 is 0 Å². The number of fused-ring (bicyclic) bond motifs is 1. The number of sulfonamides is 1. The molecular weight excluding hydrogens is 428 g/mol. The van der Waals surface area contributed by atoms with Gasteiger partial charge in [-0.2, -0.15) is 0 Å². The molecule has 0 aliphatic carbocycles. The number of piperazine rings is 1. The molecule has 9 heteroatoms. The second-order valence-electron chi connectivity index (χ2n) is 9.04. The molecule has 1 amide bonds. The van der Waals surface area contributed by atoms with E-state index in [0.717, 1.165) is 31.9 Å². The van der Waals surface area contributed by atoms with Crippen molar-refractivity contribution in [3.63, 3.8) is 0 Å². The zero-order chi connectivity index (χ0) is 23.1. The molecule has 4 rings (SSSR count). The lowest BCUT2D eigenvalue weighted by Gasteiger charge is -2.39. The van der Waals surface area contributed by atoms with Gasteiger partial charge in [0.25, 0.3) is 10.0 Å². The van der Waals surface area contributed by atoms with Crippen molar-refractivity contribution in [1.29, 1.82) is 0 Å². The van der Waals surface area contributed by atoms with Crippen LogP contribution in [0.2, 0.25) is 0 Å². The zero-order valence-corrected chi connectivity index (χ0v) is 19.8. The number of anilines is 3. The van der Waals surface area contributed by atoms with Gasteiger partial charge in [0.2, 0.25) is 5.91 Å². The van der Waals surface area contributed by atoms with Crippen LogP contribution in [-0.2, 0) is 14.8 Å². The standard InChI is InChI=1S/C23H30N4O4S/c1-17(28)27-16-23(2,3)31-22-10-9-20(15-21(22)27)32(29,30)24-18-5-7-19(8-6-18)26-13-11-25(4)12-14-26/h5-10,15,24H,11-14,16H2,1-4H3. The lowest BCUT2D eigenvalue weighted by Crippen LogP contribution is -2.48. The minimum Gasteiger partial charge on any atom is -0.484 e. The van der Waals surface area contributed by atoms with Crippen molar-refractivity contribution < 1.29 is 17.9 Å². The lowest BCUT2D eigenvalue weighted by molar-refractivity contribution is -0.117. The molecule has 0 bridgehead atoms. The maximum Gasteiger partial charge on any atom is 0.261 e. The fourth-order valence-corrected chi connectivity index (χ4v) is 5.14. The molecule has 0 unspecified atom stereocenters. The molecule has 8 nitrogen and oxygen atoms in total. The number of nitrogens with zero attached hydrogens (tertiary/aromatic N) is 3. The first-order valence-electron chi connectivity index (χ1n) is 10.7. The predicted molar refractivity (Wildman–Crippen MR) is 126 cm³/mol. The molecule has 32 heavy (non-hydrogen) atoms. The van der Waals surface area contributed by atoms with E-state index in [1.807, 2.05) is 26.0 Å². The summed E-state index contributed by atoms with van der Waals surface area (Å²) in [5.74, 6) is 0.330. The van der Waals surface area contributed by atoms with Gasteiger partial charge in [0.05, 0.1) is 17.1 Å². The summed E-state index contributed by atoms with van der Waals surface area (Å²) in [7, 11) is -1.72. The molecule has 1 N–H and O–H groups in total. The summed E-state index contributed by atoms with van der Waals surface area (Å²) < 4.78 is 34.7. The fourth-order valence-electron chi connectivity index (χ4n) is 4.06. The van der Waals surface area contributed by atoms with Crippen molar-refractivity contribution in [2.24, 2.45) is 0 Å². The number of benzene rings is 2. The van der Waals surface area contributed by atoms with Crippen LogP contribution in [0.5, 0.6) is 5.75 Å². The van der Waals surface area contributed by atoms with Crippen LogP contribution in [0.1, 0.15) is 20.8 Å². The first-order chi connectivity index (χ1) is 15.0. The van der Waals surface area contributed by atoms with E-state index in [1.165, 1.54) is 19.1 Å². The van der Waals surface area contributed by atoms with E-state index in [1.54, 1.807) is 23.1 Å². The van der Waals surface area contributed by atoms with Gasteiger partial charge >= 0.3 is 0 Å². The van der Waals surface area contributed by atoms with Crippen molar-refractivity contribution in [2.45, 2.75) is 31.3 Å². The lowest BCUT2D eigenvalue weighted by atomic mass is 10.1. The fraction of sp³-hybridized carbons (Fsp3) is 0.435. The maximum absolute atomic E-state index is 13.0. The van der Waals surface area contributed by atoms with Crippen molar-refractivity contribution in [1.82, 2.24) is 4.90 Å². The minimum absolute atomic E-state index is 0.0777. The first-order valence-corrected chi connectivity index (χ1v) is 12.2. The Morgan fingerprint density at radius 3 is 2.31 bits per heavy atom. The van der Waals surface area contributed by atoms with Crippen LogP contribution in [0.15, 0.2) is 47.4 Å². The molecule has 2 aromatic rings. The quantitative estimate of drug-likeness (QED) is 0.759. The van der Waals surface area contributed by atoms with E-state index in [4.69, 9.17) is 4.74 Å². The highest BCUT2D eigenvalue weighted by Crippen LogP contribution is 2.38. The topological polar surface area (TPSA) is 82.2 Å². The minimum atomic E-state index is -3.83. The van der Waals surface area contributed by atoms with E-state index in [2.05, 4.69) is 21.6 Å². The summed E-state index contributed by atoms with van der Waals surface area (Å²) in [6, 6.07) is 12.0. The number of hydrogen-bond acceptors (Lipinski definition) is 6. The largest absolute Gasteiger partial charge is 0.484 e. The molecule has 0 saturated carbocycles. The maximum atomic E-state index is 13.0. The highest BCUT2D eigenvalue weighted by atomic mass is 32.2. The second kappa shape index (κ2) is 8.29. The van der Waals surface area contributed by atoms with Crippen LogP contribution in [0.25, 0.3) is 0 Å². The molecule has 0 aromatic heterocycles. The molecule has 2 aliphatic rings. The van der Waals surface area contributed by atoms with Gasteiger partial charge < -0.3 is 19.4 Å². The van der Waals surface area contributed by atoms with Crippen molar-refractivity contribution in [3.8, 4) is 5.75 Å². The Bertz CT molecular complexity index is 1110. The molecule has 1 fully saturated rings. The van der Waals surface area contributed by atoms with Gasteiger partial charge in [-0.25, -0.2) is 8.42 Å². The van der Waals surface area contributed by atoms with Crippen molar-refractivity contribution >= 4 is 33.0 Å². The number of likely N-dealkylation sites (N-methyl/N-ethyl adjacent to an activating group) is 1. The number of ether oxygens (including phenoxy) is 1. The van der Waals surface area contributed by atoms with E-state index in [9.17, 15) is 13.2 Å². The molecule has 2 aromatic carbocycles. The van der Waals surface area contributed by atoms with Crippen LogP contribution in [0, 0.1) is 0 Å². The van der Waals surface area contributed by atoms with E-state index < -0.39 is 15.6 Å². The summed E-state index contributed by atoms with van der Waals surface area (Å²) in [5.41, 5.74) is 1.47. The third kappa shape index (κ3) is 4.68. The third-order valence-electron chi connectivity index (χ3n) is 5.82. The van der Waals surface area contributed by atoms with Crippen molar-refractivity contribution in [3.05, 3.63) is 42.5 Å². The monoisotopic (exact) mass is 458 g/mol. The summed E-state index contributed by atoms with van der Waals surface area (Å²) in [4.78, 5) is 18.4. The Morgan fingerprint density at radius 2 is 1.69 bits per heavy atom. The number of hydrogen-bond donors (Lipinski definition) is 1. The molecule has 1 saturated heterocycles. The van der Waals surface area contributed by atoms with E-state index in [0.29, 0.717) is 23.7 Å². The molecule has 0 spiro atoms. The molecule has 0 radical (unpaired) electrons. The summed E-state index contributed by atoms with van der Waals surface area (Å²) in [5, 5.41) is 0. The SMILES string of the molecule is CC(=O)N1CC(C)(C)Oc2ccc(S(=O)(=O)Nc3ccc(N4CCN(C)CC4)cc3)cc21. The van der Waals surface area contributed by atoms with E-state index in [-0.39, 0.29) is 10.8 Å². The number of rotatable bonds is 4. The zero-order valence-electron chi connectivity index (χ0n) is 19.0. The smallest absolute Gasteiger partial charge is 0.261 e. The highest BCUT2D eigenvalue weighted by Gasteiger charge is 2.34. The summed E-state index contributed by atoms with van der Waals surface area (Å²) in [6.07, 6.45) is 0. The van der Waals surface area contributed by atoms with Gasteiger partial charge in [-0.1, -0.05) is 0 Å². The second-order valence-corrected chi connectivity index (χ2v) is 10.7. The predicted octanol–water partition coefficient (Wildman–Crippen LogP) is 2.76. The van der Waals surface area contributed by atoms with Crippen LogP contribution in [0.3, 0.4) is 0 Å². The number of carbonyl (C=O) groups is 1. The van der Waals surface area contributed by atoms with Gasteiger partial charge in [-0.3, -0.25) is 9.52 Å². The van der Waals surface area contributed by atoms with Gasteiger partial charge in [0, 0.05) is 44.5 Å². The molecule has 2 aliphatic heterocycles. The van der Waals surface area contributed by atoms with Crippen LogP contribution in [-0.4, -0.2) is 64.6 Å². The highest BCUT2D eigenvalue weighted by molar-refractivity contribution is 7.92. The molecule has 0 atom stereocenters.